The van der Waals surface area contributed by atoms with Crippen LogP contribution in [0.25, 0.3) is 10.1 Å². The first kappa shape index (κ1) is 14.4. The summed E-state index contributed by atoms with van der Waals surface area (Å²) < 4.78 is 1.22. The minimum Gasteiger partial charge on any atom is -0.387 e. The van der Waals surface area contributed by atoms with Gasteiger partial charge < -0.3 is 15.3 Å². The number of aliphatic hydroxyl groups excluding tert-OH is 1. The molecule has 4 rings (SSSR count). The minimum atomic E-state index is -0.503. The van der Waals surface area contributed by atoms with Gasteiger partial charge in [0.1, 0.15) is 0 Å². The smallest absolute Gasteiger partial charge is 0.194 e. The summed E-state index contributed by atoms with van der Waals surface area (Å²) in [6.07, 6.45) is -0.503. The Kier molecular flexibility index (Phi) is 3.98. The minimum absolute atomic E-state index is 0.503. The predicted octanol–water partition coefficient (Wildman–Crippen LogP) is 2.31. The quantitative estimate of drug-likeness (QED) is 0.905. The van der Waals surface area contributed by atoms with E-state index in [2.05, 4.69) is 32.7 Å². The first-order valence-electron chi connectivity index (χ1n) is 7.60. The molecule has 4 nitrogen and oxygen atoms in total. The molecule has 1 fully saturated rings. The van der Waals surface area contributed by atoms with Crippen LogP contribution in [0.2, 0.25) is 0 Å². The van der Waals surface area contributed by atoms with E-state index in [1.54, 1.807) is 11.3 Å². The first-order valence-corrected chi connectivity index (χ1v) is 9.63. The molecular formula is C16H19N3OS2. The molecule has 0 aliphatic carbocycles. The van der Waals surface area contributed by atoms with Crippen LogP contribution in [0.1, 0.15) is 11.7 Å². The van der Waals surface area contributed by atoms with Crippen LogP contribution >= 0.6 is 23.1 Å². The molecule has 22 heavy (non-hydrogen) atoms. The lowest BCUT2D eigenvalue weighted by molar-refractivity contribution is 0.181. The van der Waals surface area contributed by atoms with Crippen molar-refractivity contribution in [3.8, 4) is 0 Å². The highest BCUT2D eigenvalue weighted by Crippen LogP contribution is 2.30. The fraction of sp³-hybridized carbons (Fsp3) is 0.438. The number of hydrogen-bond donors (Lipinski definition) is 2. The Morgan fingerprint density at radius 2 is 2.32 bits per heavy atom. The van der Waals surface area contributed by atoms with Crippen molar-refractivity contribution in [3.63, 3.8) is 0 Å². The Bertz CT molecular complexity index is 700. The van der Waals surface area contributed by atoms with Crippen molar-refractivity contribution in [3.05, 3.63) is 35.2 Å². The van der Waals surface area contributed by atoms with E-state index in [9.17, 15) is 5.11 Å². The van der Waals surface area contributed by atoms with Gasteiger partial charge in [-0.15, -0.1) is 11.3 Å². The second kappa shape index (κ2) is 6.10. The third-order valence-electron chi connectivity index (χ3n) is 4.27. The Hall–Kier alpha value is -1.24. The summed E-state index contributed by atoms with van der Waals surface area (Å²) in [4.78, 5) is 6.96. The molecule has 1 saturated heterocycles. The Morgan fingerprint density at radius 1 is 1.41 bits per heavy atom. The number of nitrogens with one attached hydrogen (secondary N) is 1. The van der Waals surface area contributed by atoms with Crippen molar-refractivity contribution < 1.29 is 5.11 Å². The van der Waals surface area contributed by atoms with Gasteiger partial charge in [0.05, 0.1) is 18.7 Å². The van der Waals surface area contributed by atoms with Crippen LogP contribution in [0.3, 0.4) is 0 Å². The summed E-state index contributed by atoms with van der Waals surface area (Å²) in [6, 6.07) is 8.78. The number of fused-ring (bicyclic) bond motifs is 2. The van der Waals surface area contributed by atoms with E-state index < -0.39 is 6.10 Å². The molecule has 0 bridgehead atoms. The number of thiophene rings is 1. The van der Waals surface area contributed by atoms with Crippen LogP contribution in [-0.4, -0.2) is 53.1 Å². The molecule has 0 radical (unpaired) electrons. The first-order chi connectivity index (χ1) is 10.8. The third kappa shape index (κ3) is 2.59. The molecule has 0 spiro atoms. The van der Waals surface area contributed by atoms with Gasteiger partial charge in [0.2, 0.25) is 0 Å². The molecule has 3 heterocycles. The lowest BCUT2D eigenvalue weighted by Gasteiger charge is -2.32. The van der Waals surface area contributed by atoms with Crippen LogP contribution in [0.15, 0.2) is 34.6 Å². The maximum Gasteiger partial charge on any atom is 0.194 e. The zero-order valence-electron chi connectivity index (χ0n) is 12.2. The Balaban J connectivity index is 1.43. The van der Waals surface area contributed by atoms with Crippen LogP contribution in [0.5, 0.6) is 0 Å². The van der Waals surface area contributed by atoms with Crippen LogP contribution in [0, 0.1) is 0 Å². The zero-order valence-corrected chi connectivity index (χ0v) is 13.9. The Morgan fingerprint density at radius 3 is 3.27 bits per heavy atom. The number of thioether (sulfide) groups is 1. The van der Waals surface area contributed by atoms with Gasteiger partial charge in [-0.2, -0.15) is 11.8 Å². The van der Waals surface area contributed by atoms with E-state index in [4.69, 9.17) is 0 Å². The molecule has 6 heteroatoms. The topological polar surface area (TPSA) is 47.9 Å². The van der Waals surface area contributed by atoms with E-state index in [1.807, 2.05) is 23.9 Å². The molecule has 2 unspecified atom stereocenters. The molecule has 1 aromatic carbocycles. The molecule has 116 valence electrons. The SMILES string of the molecule is OC(CNC1=NCC2CSCCN12)c1csc2ccccc12. The van der Waals surface area contributed by atoms with Gasteiger partial charge in [0.15, 0.2) is 5.96 Å². The van der Waals surface area contributed by atoms with Gasteiger partial charge in [0, 0.05) is 34.9 Å². The summed E-state index contributed by atoms with van der Waals surface area (Å²) in [6.45, 7) is 2.45. The summed E-state index contributed by atoms with van der Waals surface area (Å²) >= 11 is 3.69. The van der Waals surface area contributed by atoms with Gasteiger partial charge in [-0.05, 0) is 16.8 Å². The van der Waals surface area contributed by atoms with E-state index in [0.29, 0.717) is 12.6 Å². The molecular weight excluding hydrogens is 314 g/mol. The van der Waals surface area contributed by atoms with E-state index in [-0.39, 0.29) is 0 Å². The van der Waals surface area contributed by atoms with E-state index in [0.717, 1.165) is 41.5 Å². The maximum atomic E-state index is 10.5. The number of guanidine groups is 1. The molecule has 2 aromatic rings. The average Bonchev–Trinajstić information content (AvgIpc) is 3.17. The second-order valence-electron chi connectivity index (χ2n) is 5.67. The zero-order chi connectivity index (χ0) is 14.9. The molecule has 0 amide bonds. The van der Waals surface area contributed by atoms with Gasteiger partial charge in [0.25, 0.3) is 0 Å². The summed E-state index contributed by atoms with van der Waals surface area (Å²) in [5, 5.41) is 17.1. The van der Waals surface area contributed by atoms with Crippen molar-refractivity contribution in [1.29, 1.82) is 0 Å². The summed E-state index contributed by atoms with van der Waals surface area (Å²) in [5.74, 6) is 3.28. The number of nitrogens with zero attached hydrogens (tertiary/aromatic N) is 2. The maximum absolute atomic E-state index is 10.5. The fourth-order valence-corrected chi connectivity index (χ4v) is 5.14. The largest absolute Gasteiger partial charge is 0.387 e. The molecule has 0 saturated carbocycles. The van der Waals surface area contributed by atoms with E-state index in [1.165, 1.54) is 4.70 Å². The predicted molar refractivity (Wildman–Crippen MR) is 94.9 cm³/mol. The number of benzene rings is 1. The van der Waals surface area contributed by atoms with Gasteiger partial charge >= 0.3 is 0 Å². The normalized spacial score (nSPS) is 22.5. The lowest BCUT2D eigenvalue weighted by atomic mass is 10.1. The fourth-order valence-electron chi connectivity index (χ4n) is 3.08. The third-order valence-corrected chi connectivity index (χ3v) is 6.35. The van der Waals surface area contributed by atoms with Crippen LogP contribution in [0.4, 0.5) is 0 Å². The highest BCUT2D eigenvalue weighted by atomic mass is 32.2. The van der Waals surface area contributed by atoms with Crippen LogP contribution in [-0.2, 0) is 0 Å². The molecule has 2 aliphatic heterocycles. The van der Waals surface area contributed by atoms with Gasteiger partial charge in [-0.1, -0.05) is 18.2 Å². The monoisotopic (exact) mass is 333 g/mol. The lowest BCUT2D eigenvalue weighted by Crippen LogP contribution is -2.48. The van der Waals surface area contributed by atoms with Gasteiger partial charge in [-0.3, -0.25) is 4.99 Å². The Labute approximate surface area is 138 Å². The average molecular weight is 333 g/mol. The number of hydrogen-bond acceptors (Lipinski definition) is 6. The van der Waals surface area contributed by atoms with Crippen molar-refractivity contribution in [2.75, 3.05) is 31.1 Å². The van der Waals surface area contributed by atoms with Crippen molar-refractivity contribution in [2.45, 2.75) is 12.1 Å². The number of aliphatic hydroxyl groups is 1. The summed E-state index contributed by atoms with van der Waals surface area (Å²) in [5.41, 5.74) is 1.01. The van der Waals surface area contributed by atoms with Crippen LogP contribution < -0.4 is 5.32 Å². The molecule has 1 aromatic heterocycles. The standard InChI is InChI=1S/C16H19N3OS2/c20-14(13-10-22-15-4-2-1-3-12(13)15)8-18-16-17-7-11-9-21-6-5-19(11)16/h1-4,10-11,14,20H,5-9H2,(H,17,18). The van der Waals surface area contributed by atoms with Gasteiger partial charge in [-0.25, -0.2) is 0 Å². The van der Waals surface area contributed by atoms with Crippen molar-refractivity contribution >= 4 is 39.1 Å². The number of aliphatic imine (C=N–C) groups is 1. The van der Waals surface area contributed by atoms with Crippen molar-refractivity contribution in [2.24, 2.45) is 4.99 Å². The molecule has 2 atom stereocenters. The highest BCUT2D eigenvalue weighted by Gasteiger charge is 2.30. The van der Waals surface area contributed by atoms with Crippen molar-refractivity contribution in [1.82, 2.24) is 10.2 Å². The second-order valence-corrected chi connectivity index (χ2v) is 7.73. The summed E-state index contributed by atoms with van der Waals surface area (Å²) in [7, 11) is 0. The van der Waals surface area contributed by atoms with E-state index >= 15 is 0 Å². The molecule has 2 aliphatic rings. The highest BCUT2D eigenvalue weighted by molar-refractivity contribution is 7.99. The number of rotatable bonds is 3. The molecule has 2 N–H and O–H groups in total.